The average molecular weight is 245 g/mol. The number of carbonyl (C=O) groups excluding carboxylic acids is 2. The van der Waals surface area contributed by atoms with Crippen LogP contribution in [-0.2, 0) is 16.1 Å². The maximum atomic E-state index is 11.9. The minimum atomic E-state index is -0.261. The molecule has 0 aliphatic rings. The largest absolute Gasteiger partial charge is 0.275 e. The Bertz CT molecular complexity index is 468. The van der Waals surface area contributed by atoms with Gasteiger partial charge in [-0.3, -0.25) is 14.5 Å². The number of nitrogens with zero attached hydrogens (tertiary/aromatic N) is 1. The van der Waals surface area contributed by atoms with Crippen LogP contribution < -0.4 is 0 Å². The highest BCUT2D eigenvalue weighted by atomic mass is 16.2. The van der Waals surface area contributed by atoms with Gasteiger partial charge in [0.15, 0.2) is 0 Å². The van der Waals surface area contributed by atoms with Crippen molar-refractivity contribution in [1.82, 2.24) is 4.90 Å². The van der Waals surface area contributed by atoms with Crippen LogP contribution in [0.2, 0.25) is 0 Å². The van der Waals surface area contributed by atoms with Gasteiger partial charge in [0.2, 0.25) is 5.91 Å². The molecule has 0 aromatic heterocycles. The number of allylic oxidation sites excluding steroid dienone is 1. The summed E-state index contributed by atoms with van der Waals surface area (Å²) < 4.78 is 0. The first-order valence-electron chi connectivity index (χ1n) is 5.92. The molecule has 1 rings (SSSR count). The van der Waals surface area contributed by atoms with Gasteiger partial charge in [0, 0.05) is 13.0 Å². The van der Waals surface area contributed by atoms with Crippen LogP contribution in [0.5, 0.6) is 0 Å². The predicted molar refractivity (Wildman–Crippen MR) is 71.8 cm³/mol. The van der Waals surface area contributed by atoms with E-state index in [-0.39, 0.29) is 11.8 Å². The SMILES string of the molecule is CC(=O)N(Cc1ccc(C)cc1)C(=O)C=C(C)C. The monoisotopic (exact) mass is 245 g/mol. The summed E-state index contributed by atoms with van der Waals surface area (Å²) in [5.74, 6) is -0.499. The number of amides is 2. The van der Waals surface area contributed by atoms with Crippen molar-refractivity contribution in [2.75, 3.05) is 0 Å². The summed E-state index contributed by atoms with van der Waals surface area (Å²) in [7, 11) is 0. The Morgan fingerprint density at radius 2 is 1.67 bits per heavy atom. The van der Waals surface area contributed by atoms with Gasteiger partial charge < -0.3 is 0 Å². The second kappa shape index (κ2) is 6.15. The number of hydrogen-bond donors (Lipinski definition) is 0. The van der Waals surface area contributed by atoms with Crippen molar-refractivity contribution in [3.05, 3.63) is 47.0 Å². The van der Waals surface area contributed by atoms with Gasteiger partial charge in [-0.25, -0.2) is 0 Å². The van der Waals surface area contributed by atoms with Crippen LogP contribution in [0.25, 0.3) is 0 Å². The highest BCUT2D eigenvalue weighted by Crippen LogP contribution is 2.08. The topological polar surface area (TPSA) is 37.4 Å². The van der Waals surface area contributed by atoms with Crippen molar-refractivity contribution >= 4 is 11.8 Å². The second-order valence-corrected chi connectivity index (χ2v) is 4.65. The summed E-state index contributed by atoms with van der Waals surface area (Å²) in [5, 5.41) is 0. The molecular weight excluding hydrogens is 226 g/mol. The van der Waals surface area contributed by atoms with E-state index < -0.39 is 0 Å². The fraction of sp³-hybridized carbons (Fsp3) is 0.333. The summed E-state index contributed by atoms with van der Waals surface area (Å²) in [4.78, 5) is 24.7. The minimum absolute atomic E-state index is 0.238. The second-order valence-electron chi connectivity index (χ2n) is 4.65. The number of rotatable bonds is 3. The highest BCUT2D eigenvalue weighted by Gasteiger charge is 2.15. The summed E-state index contributed by atoms with van der Waals surface area (Å²) in [6, 6.07) is 7.81. The maximum Gasteiger partial charge on any atom is 0.253 e. The molecule has 0 aliphatic heterocycles. The van der Waals surface area contributed by atoms with E-state index >= 15 is 0 Å². The average Bonchev–Trinajstić information content (AvgIpc) is 2.26. The van der Waals surface area contributed by atoms with Crippen LogP contribution in [-0.4, -0.2) is 16.7 Å². The molecule has 0 heterocycles. The number of carbonyl (C=O) groups is 2. The van der Waals surface area contributed by atoms with E-state index in [1.807, 2.05) is 45.0 Å². The number of hydrogen-bond acceptors (Lipinski definition) is 2. The van der Waals surface area contributed by atoms with Gasteiger partial charge in [-0.2, -0.15) is 0 Å². The molecule has 0 aliphatic carbocycles. The van der Waals surface area contributed by atoms with Crippen LogP contribution in [0.15, 0.2) is 35.9 Å². The van der Waals surface area contributed by atoms with Gasteiger partial charge in [-0.05, 0) is 26.3 Å². The molecule has 96 valence electrons. The first-order valence-corrected chi connectivity index (χ1v) is 5.92. The third kappa shape index (κ3) is 4.17. The third-order valence-electron chi connectivity index (χ3n) is 2.52. The Morgan fingerprint density at radius 3 is 2.11 bits per heavy atom. The molecule has 0 fully saturated rings. The normalized spacial score (nSPS) is 9.78. The van der Waals surface area contributed by atoms with Gasteiger partial charge in [0.25, 0.3) is 5.91 Å². The summed E-state index contributed by atoms with van der Waals surface area (Å²) in [6.45, 7) is 7.40. The molecule has 18 heavy (non-hydrogen) atoms. The molecule has 0 bridgehead atoms. The molecule has 0 atom stereocenters. The van der Waals surface area contributed by atoms with Crippen LogP contribution in [0.3, 0.4) is 0 Å². The lowest BCUT2D eigenvalue weighted by atomic mass is 10.1. The number of aryl methyl sites for hydroxylation is 1. The Labute approximate surface area is 108 Å². The van der Waals surface area contributed by atoms with E-state index in [1.54, 1.807) is 0 Å². The van der Waals surface area contributed by atoms with Crippen molar-refractivity contribution < 1.29 is 9.59 Å². The lowest BCUT2D eigenvalue weighted by Crippen LogP contribution is -2.33. The molecule has 1 aromatic carbocycles. The fourth-order valence-corrected chi connectivity index (χ4v) is 1.55. The molecule has 1 aromatic rings. The van der Waals surface area contributed by atoms with E-state index in [0.29, 0.717) is 6.54 Å². The summed E-state index contributed by atoms with van der Waals surface area (Å²) >= 11 is 0. The number of imide groups is 1. The van der Waals surface area contributed by atoms with Crippen molar-refractivity contribution in [3.63, 3.8) is 0 Å². The summed E-state index contributed by atoms with van der Waals surface area (Å²) in [6.07, 6.45) is 1.48. The minimum Gasteiger partial charge on any atom is -0.275 e. The first-order chi connectivity index (χ1) is 8.40. The van der Waals surface area contributed by atoms with Crippen LogP contribution in [0.1, 0.15) is 31.9 Å². The molecule has 0 spiro atoms. The number of benzene rings is 1. The molecule has 0 radical (unpaired) electrons. The van der Waals surface area contributed by atoms with Gasteiger partial charge in [-0.1, -0.05) is 35.4 Å². The van der Waals surface area contributed by atoms with E-state index in [4.69, 9.17) is 0 Å². The van der Waals surface area contributed by atoms with Crippen molar-refractivity contribution in [2.45, 2.75) is 34.2 Å². The molecule has 2 amide bonds. The van der Waals surface area contributed by atoms with E-state index in [2.05, 4.69) is 0 Å². The van der Waals surface area contributed by atoms with E-state index in [1.165, 1.54) is 17.9 Å². The van der Waals surface area contributed by atoms with Crippen molar-refractivity contribution in [1.29, 1.82) is 0 Å². The summed E-state index contributed by atoms with van der Waals surface area (Å²) in [5.41, 5.74) is 2.99. The maximum absolute atomic E-state index is 11.9. The van der Waals surface area contributed by atoms with Crippen LogP contribution in [0.4, 0.5) is 0 Å². The van der Waals surface area contributed by atoms with E-state index in [9.17, 15) is 9.59 Å². The zero-order chi connectivity index (χ0) is 13.7. The predicted octanol–water partition coefficient (Wildman–Crippen LogP) is 2.84. The Morgan fingerprint density at radius 1 is 1.11 bits per heavy atom. The lowest BCUT2D eigenvalue weighted by molar-refractivity contribution is -0.141. The molecule has 0 saturated heterocycles. The Kier molecular flexibility index (Phi) is 4.84. The smallest absolute Gasteiger partial charge is 0.253 e. The fourth-order valence-electron chi connectivity index (χ4n) is 1.55. The Hall–Kier alpha value is -1.90. The zero-order valence-electron chi connectivity index (χ0n) is 11.4. The first kappa shape index (κ1) is 14.2. The van der Waals surface area contributed by atoms with Gasteiger partial charge in [0.1, 0.15) is 0 Å². The molecule has 3 nitrogen and oxygen atoms in total. The molecule has 3 heteroatoms. The molecular formula is C15H19NO2. The molecule has 0 N–H and O–H groups in total. The van der Waals surface area contributed by atoms with Crippen molar-refractivity contribution in [3.8, 4) is 0 Å². The van der Waals surface area contributed by atoms with E-state index in [0.717, 1.165) is 16.7 Å². The third-order valence-corrected chi connectivity index (χ3v) is 2.52. The molecule has 0 unspecified atom stereocenters. The lowest BCUT2D eigenvalue weighted by Gasteiger charge is -2.17. The van der Waals surface area contributed by atoms with Gasteiger partial charge >= 0.3 is 0 Å². The van der Waals surface area contributed by atoms with Gasteiger partial charge in [-0.15, -0.1) is 0 Å². The quantitative estimate of drug-likeness (QED) is 0.768. The molecule has 0 saturated carbocycles. The van der Waals surface area contributed by atoms with Crippen LogP contribution in [0, 0.1) is 6.92 Å². The standard InChI is InChI=1S/C15H19NO2/c1-11(2)9-15(18)16(13(4)17)10-14-7-5-12(3)6-8-14/h5-9H,10H2,1-4H3. The Balaban J connectivity index is 2.87. The highest BCUT2D eigenvalue weighted by molar-refractivity contribution is 6.00. The zero-order valence-corrected chi connectivity index (χ0v) is 11.4. The van der Waals surface area contributed by atoms with Crippen molar-refractivity contribution in [2.24, 2.45) is 0 Å². The van der Waals surface area contributed by atoms with Crippen LogP contribution >= 0.6 is 0 Å². The van der Waals surface area contributed by atoms with Gasteiger partial charge in [0.05, 0.1) is 6.54 Å².